The molecule has 1 saturated heterocycles. The van der Waals surface area contributed by atoms with Crippen LogP contribution in [0.5, 0.6) is 0 Å². The van der Waals surface area contributed by atoms with Crippen LogP contribution in [0.15, 0.2) is 24.3 Å². The highest BCUT2D eigenvalue weighted by molar-refractivity contribution is 5.94. The van der Waals surface area contributed by atoms with Gasteiger partial charge in [-0.2, -0.15) is 0 Å². The highest BCUT2D eigenvalue weighted by atomic mass is 16.5. The van der Waals surface area contributed by atoms with Crippen LogP contribution < -0.4 is 5.32 Å². The van der Waals surface area contributed by atoms with Crippen molar-refractivity contribution in [2.45, 2.75) is 26.5 Å². The first-order valence-corrected chi connectivity index (χ1v) is 8.29. The van der Waals surface area contributed by atoms with Crippen molar-refractivity contribution in [3.8, 4) is 0 Å². The second-order valence-electron chi connectivity index (χ2n) is 6.30. The molecule has 0 aromatic heterocycles. The third-order valence-electron chi connectivity index (χ3n) is 4.28. The Bertz CT molecular complexity index is 482. The molecule has 1 amide bonds. The maximum atomic E-state index is 12.3. The van der Waals surface area contributed by atoms with Crippen LogP contribution in [0.4, 0.5) is 0 Å². The SMILES string of the molecule is COCc1ccc(C(=O)NCC(C(C)C)N2CCOCC2)cc1. The van der Waals surface area contributed by atoms with E-state index in [0.717, 1.165) is 31.9 Å². The first-order valence-electron chi connectivity index (χ1n) is 8.29. The van der Waals surface area contributed by atoms with Crippen molar-refractivity contribution in [3.05, 3.63) is 35.4 Å². The van der Waals surface area contributed by atoms with Gasteiger partial charge in [-0.1, -0.05) is 26.0 Å². The molecule has 5 heteroatoms. The summed E-state index contributed by atoms with van der Waals surface area (Å²) in [6.07, 6.45) is 0. The van der Waals surface area contributed by atoms with E-state index in [9.17, 15) is 4.79 Å². The van der Waals surface area contributed by atoms with Gasteiger partial charge in [-0.05, 0) is 23.6 Å². The van der Waals surface area contributed by atoms with Crippen LogP contribution in [0, 0.1) is 5.92 Å². The van der Waals surface area contributed by atoms with Gasteiger partial charge in [0.2, 0.25) is 0 Å². The van der Waals surface area contributed by atoms with Crippen LogP contribution in [-0.4, -0.2) is 56.8 Å². The zero-order chi connectivity index (χ0) is 16.7. The van der Waals surface area contributed by atoms with Crippen LogP contribution >= 0.6 is 0 Å². The van der Waals surface area contributed by atoms with E-state index in [1.807, 2.05) is 24.3 Å². The zero-order valence-electron chi connectivity index (χ0n) is 14.4. The zero-order valence-corrected chi connectivity index (χ0v) is 14.4. The summed E-state index contributed by atoms with van der Waals surface area (Å²) in [7, 11) is 1.66. The Morgan fingerprint density at radius 3 is 2.48 bits per heavy atom. The Morgan fingerprint density at radius 2 is 1.91 bits per heavy atom. The molecule has 1 atom stereocenters. The average molecular weight is 320 g/mol. The first kappa shape index (κ1) is 17.9. The van der Waals surface area contributed by atoms with Crippen molar-refractivity contribution in [2.75, 3.05) is 40.0 Å². The van der Waals surface area contributed by atoms with Crippen molar-refractivity contribution in [1.82, 2.24) is 10.2 Å². The van der Waals surface area contributed by atoms with Crippen molar-refractivity contribution in [2.24, 2.45) is 5.92 Å². The van der Waals surface area contributed by atoms with Crippen LogP contribution in [0.2, 0.25) is 0 Å². The summed E-state index contributed by atoms with van der Waals surface area (Å²) in [6.45, 7) is 9.05. The molecule has 1 aromatic rings. The molecule has 0 spiro atoms. The minimum absolute atomic E-state index is 0.0205. The molecule has 128 valence electrons. The van der Waals surface area contributed by atoms with E-state index in [1.54, 1.807) is 7.11 Å². The number of carbonyl (C=O) groups excluding carboxylic acids is 1. The fourth-order valence-corrected chi connectivity index (χ4v) is 2.91. The molecule has 1 aliphatic heterocycles. The Morgan fingerprint density at radius 1 is 1.26 bits per heavy atom. The number of carbonyl (C=O) groups is 1. The van der Waals surface area contributed by atoms with Gasteiger partial charge in [0.1, 0.15) is 0 Å². The minimum Gasteiger partial charge on any atom is -0.380 e. The second kappa shape index (κ2) is 9.01. The monoisotopic (exact) mass is 320 g/mol. The van der Waals surface area contributed by atoms with E-state index in [1.165, 1.54) is 0 Å². The lowest BCUT2D eigenvalue weighted by atomic mass is 10.0. The molecule has 0 bridgehead atoms. The number of ether oxygens (including phenoxy) is 2. The number of rotatable bonds is 7. The minimum atomic E-state index is -0.0205. The Hall–Kier alpha value is -1.43. The Kier molecular flexibility index (Phi) is 7.02. The number of hydrogen-bond donors (Lipinski definition) is 1. The summed E-state index contributed by atoms with van der Waals surface area (Å²) >= 11 is 0. The molecule has 1 heterocycles. The summed E-state index contributed by atoms with van der Waals surface area (Å²) in [5.74, 6) is 0.463. The third-order valence-corrected chi connectivity index (χ3v) is 4.28. The molecule has 5 nitrogen and oxygen atoms in total. The van der Waals surface area contributed by atoms with Crippen molar-refractivity contribution in [1.29, 1.82) is 0 Å². The van der Waals surface area contributed by atoms with Crippen molar-refractivity contribution >= 4 is 5.91 Å². The van der Waals surface area contributed by atoms with E-state index < -0.39 is 0 Å². The van der Waals surface area contributed by atoms with Gasteiger partial charge < -0.3 is 14.8 Å². The number of hydrogen-bond acceptors (Lipinski definition) is 4. The first-order chi connectivity index (χ1) is 11.1. The molecule has 2 rings (SSSR count). The predicted molar refractivity (Wildman–Crippen MR) is 90.5 cm³/mol. The van der Waals surface area contributed by atoms with Crippen LogP contribution in [-0.2, 0) is 16.1 Å². The number of amides is 1. The number of methoxy groups -OCH3 is 1. The summed E-state index contributed by atoms with van der Waals surface area (Å²) in [5.41, 5.74) is 1.76. The van der Waals surface area contributed by atoms with Gasteiger partial charge in [0.25, 0.3) is 5.91 Å². The molecular weight excluding hydrogens is 292 g/mol. The topological polar surface area (TPSA) is 50.8 Å². The summed E-state index contributed by atoms with van der Waals surface area (Å²) in [6, 6.07) is 7.90. The molecule has 1 aliphatic rings. The lowest BCUT2D eigenvalue weighted by molar-refractivity contribution is 0.00673. The Labute approximate surface area is 139 Å². The summed E-state index contributed by atoms with van der Waals surface area (Å²) < 4.78 is 10.5. The molecular formula is C18H28N2O3. The summed E-state index contributed by atoms with van der Waals surface area (Å²) in [5, 5.41) is 3.08. The maximum absolute atomic E-state index is 12.3. The quantitative estimate of drug-likeness (QED) is 0.834. The average Bonchev–Trinajstić information content (AvgIpc) is 2.56. The Balaban J connectivity index is 1.90. The van der Waals surface area contributed by atoms with Gasteiger partial charge >= 0.3 is 0 Å². The normalized spacial score (nSPS) is 17.2. The van der Waals surface area contributed by atoms with Gasteiger partial charge in [0, 0.05) is 38.3 Å². The highest BCUT2D eigenvalue weighted by Gasteiger charge is 2.24. The third kappa shape index (κ3) is 5.30. The number of morpholine rings is 1. The summed E-state index contributed by atoms with van der Waals surface area (Å²) in [4.78, 5) is 14.8. The van der Waals surface area contributed by atoms with E-state index in [-0.39, 0.29) is 5.91 Å². The van der Waals surface area contributed by atoms with Gasteiger partial charge in [-0.25, -0.2) is 0 Å². The second-order valence-corrected chi connectivity index (χ2v) is 6.30. The van der Waals surface area contributed by atoms with E-state index >= 15 is 0 Å². The van der Waals surface area contributed by atoms with Crippen LogP contribution in [0.3, 0.4) is 0 Å². The fraction of sp³-hybridized carbons (Fsp3) is 0.611. The van der Waals surface area contributed by atoms with Crippen molar-refractivity contribution in [3.63, 3.8) is 0 Å². The molecule has 1 unspecified atom stereocenters. The molecule has 0 radical (unpaired) electrons. The highest BCUT2D eigenvalue weighted by Crippen LogP contribution is 2.13. The van der Waals surface area contributed by atoms with Crippen LogP contribution in [0.25, 0.3) is 0 Å². The largest absolute Gasteiger partial charge is 0.380 e. The smallest absolute Gasteiger partial charge is 0.251 e. The number of benzene rings is 1. The maximum Gasteiger partial charge on any atom is 0.251 e. The molecule has 1 N–H and O–H groups in total. The van der Waals surface area contributed by atoms with Crippen LogP contribution in [0.1, 0.15) is 29.8 Å². The number of nitrogens with zero attached hydrogens (tertiary/aromatic N) is 1. The molecule has 0 saturated carbocycles. The lowest BCUT2D eigenvalue weighted by Gasteiger charge is -2.36. The van der Waals surface area contributed by atoms with Gasteiger partial charge in [-0.3, -0.25) is 9.69 Å². The molecule has 0 aliphatic carbocycles. The van der Waals surface area contributed by atoms with Crippen molar-refractivity contribution < 1.29 is 14.3 Å². The lowest BCUT2D eigenvalue weighted by Crippen LogP contribution is -2.51. The number of nitrogens with one attached hydrogen (secondary N) is 1. The molecule has 1 fully saturated rings. The van der Waals surface area contributed by atoms with Gasteiger partial charge in [-0.15, -0.1) is 0 Å². The standard InChI is InChI=1S/C18H28N2O3/c1-14(2)17(20-8-10-23-11-9-20)12-19-18(21)16-6-4-15(5-7-16)13-22-3/h4-7,14,17H,8-13H2,1-3H3,(H,19,21). The van der Waals surface area contributed by atoms with E-state index in [4.69, 9.17) is 9.47 Å². The predicted octanol–water partition coefficient (Wildman–Crippen LogP) is 1.92. The van der Waals surface area contributed by atoms with E-state index in [0.29, 0.717) is 30.7 Å². The molecule has 1 aromatic carbocycles. The van der Waals surface area contributed by atoms with Gasteiger partial charge in [0.15, 0.2) is 0 Å². The van der Waals surface area contributed by atoms with Gasteiger partial charge in [0.05, 0.1) is 19.8 Å². The fourth-order valence-electron chi connectivity index (χ4n) is 2.91. The molecule has 23 heavy (non-hydrogen) atoms. The van der Waals surface area contributed by atoms with E-state index in [2.05, 4.69) is 24.1 Å².